The fraction of sp³-hybridized carbons (Fsp3) is 0.568. The van der Waals surface area contributed by atoms with Crippen molar-refractivity contribution in [2.24, 2.45) is 0 Å². The third-order valence-corrected chi connectivity index (χ3v) is 18.4. The highest BCUT2D eigenvalue weighted by molar-refractivity contribution is 7.95. The second-order valence-electron chi connectivity index (χ2n) is 23.7. The van der Waals surface area contributed by atoms with Crippen LogP contribution in [0.15, 0.2) is 164 Å². The van der Waals surface area contributed by atoms with Gasteiger partial charge in [0.25, 0.3) is 0 Å². The van der Waals surface area contributed by atoms with Crippen LogP contribution in [0, 0.1) is 0 Å². The van der Waals surface area contributed by atoms with Gasteiger partial charge >= 0.3 is 7.60 Å². The van der Waals surface area contributed by atoms with Crippen LogP contribution in [0.3, 0.4) is 0 Å². The van der Waals surface area contributed by atoms with Gasteiger partial charge in [-0.3, -0.25) is 4.57 Å². The lowest BCUT2D eigenvalue weighted by Crippen LogP contribution is -2.67. The fourth-order valence-corrected chi connectivity index (χ4v) is 13.1. The minimum Gasteiger partial charge on any atom is -0.368 e. The van der Waals surface area contributed by atoms with E-state index in [9.17, 15) is 4.57 Å². The van der Waals surface area contributed by atoms with Crippen LogP contribution in [-0.4, -0.2) is 57.8 Å². The number of rotatable bonds is 49. The summed E-state index contributed by atoms with van der Waals surface area (Å²) >= 11 is 1.64. The number of allylic oxidation sites excluding steroid dienone is 2. The molecular formula is C74H107O9PS. The Balaban J connectivity index is 1.19. The predicted octanol–water partition coefficient (Wildman–Crippen LogP) is 20.0. The van der Waals surface area contributed by atoms with E-state index in [1.165, 1.54) is 122 Å². The second-order valence-corrected chi connectivity index (χ2v) is 26.6. The predicted molar refractivity (Wildman–Crippen MR) is 352 cm³/mol. The van der Waals surface area contributed by atoms with Crippen LogP contribution in [0.4, 0.5) is 0 Å². The summed E-state index contributed by atoms with van der Waals surface area (Å²) in [5, 5.41) is 0.285. The van der Waals surface area contributed by atoms with Gasteiger partial charge in [0.05, 0.1) is 33.0 Å². The van der Waals surface area contributed by atoms with Gasteiger partial charge in [0.2, 0.25) is 0 Å². The number of ether oxygens (including phenoxy) is 5. The van der Waals surface area contributed by atoms with Gasteiger partial charge in [-0.2, -0.15) is 0 Å². The SMILES string of the molecule is CCCCCCCCCCCCCCCCC(CCCCCC/C=C\CCCCCCCCP(=O)(O)O)SO[C@@H]1[C@@H](OCc2ccccc2)[C@H](OCc2ccccc2)[C@@H](OCc2ccccc2)[C@H](OCc2ccccc2)[C@@H]1OCc1ccccc1. The largest absolute Gasteiger partial charge is 0.368 e. The molecule has 0 saturated heterocycles. The van der Waals surface area contributed by atoms with E-state index >= 15 is 0 Å². The molecule has 5 aromatic rings. The van der Waals surface area contributed by atoms with Gasteiger partial charge in [-0.1, -0.05) is 306 Å². The summed E-state index contributed by atoms with van der Waals surface area (Å²) < 4.78 is 54.8. The molecule has 0 spiro atoms. The van der Waals surface area contributed by atoms with Crippen LogP contribution in [0.2, 0.25) is 0 Å². The third kappa shape index (κ3) is 30.7. The van der Waals surface area contributed by atoms with Gasteiger partial charge in [0, 0.05) is 11.4 Å². The van der Waals surface area contributed by atoms with Gasteiger partial charge in [-0.15, -0.1) is 0 Å². The second kappa shape index (κ2) is 44.5. The van der Waals surface area contributed by atoms with E-state index in [1.54, 1.807) is 12.0 Å². The Hall–Kier alpha value is -3.90. The van der Waals surface area contributed by atoms with Crippen LogP contribution in [0.5, 0.6) is 0 Å². The van der Waals surface area contributed by atoms with E-state index in [2.05, 4.69) is 140 Å². The van der Waals surface area contributed by atoms with E-state index in [1.807, 2.05) is 30.3 Å². The first kappa shape index (κ1) is 70.2. The van der Waals surface area contributed by atoms with Crippen LogP contribution < -0.4 is 0 Å². The zero-order valence-corrected chi connectivity index (χ0v) is 53.5. The molecule has 5 aromatic carbocycles. The summed E-state index contributed by atoms with van der Waals surface area (Å²) in [6, 6.07) is 51.9. The first-order valence-corrected chi connectivity index (χ1v) is 35.8. The molecule has 0 aromatic heterocycles. The average Bonchev–Trinajstić information content (AvgIpc) is 3.26. The lowest BCUT2D eigenvalue weighted by atomic mass is 9.83. The van der Waals surface area contributed by atoms with Crippen molar-refractivity contribution in [1.82, 2.24) is 0 Å². The highest BCUT2D eigenvalue weighted by Crippen LogP contribution is 2.40. The van der Waals surface area contributed by atoms with Crippen LogP contribution >= 0.6 is 19.6 Å². The third-order valence-electron chi connectivity index (χ3n) is 16.4. The van der Waals surface area contributed by atoms with E-state index in [4.69, 9.17) is 37.7 Å². The van der Waals surface area contributed by atoms with E-state index < -0.39 is 44.2 Å². The molecule has 85 heavy (non-hydrogen) atoms. The van der Waals surface area contributed by atoms with Crippen molar-refractivity contribution in [3.05, 3.63) is 192 Å². The molecule has 6 rings (SSSR count). The molecule has 9 nitrogen and oxygen atoms in total. The Bertz CT molecular complexity index is 2330. The highest BCUT2D eigenvalue weighted by atomic mass is 32.2. The number of hydrogen-bond donors (Lipinski definition) is 2. The van der Waals surface area contributed by atoms with Gasteiger partial charge in [-0.25, -0.2) is 0 Å². The number of benzene rings is 5. The van der Waals surface area contributed by atoms with Crippen molar-refractivity contribution in [1.29, 1.82) is 0 Å². The molecule has 1 unspecified atom stereocenters. The topological polar surface area (TPSA) is 113 Å². The van der Waals surface area contributed by atoms with Crippen LogP contribution in [0.25, 0.3) is 0 Å². The molecule has 1 saturated carbocycles. The molecule has 1 fully saturated rings. The van der Waals surface area contributed by atoms with Crippen molar-refractivity contribution in [2.45, 2.75) is 262 Å². The quantitative estimate of drug-likeness (QED) is 0.0169. The van der Waals surface area contributed by atoms with Crippen molar-refractivity contribution >= 4 is 19.6 Å². The average molecular weight is 1200 g/mol. The Morgan fingerprint density at radius 1 is 0.365 bits per heavy atom. The maximum absolute atomic E-state index is 11.1. The Morgan fingerprint density at radius 3 is 0.918 bits per heavy atom. The molecule has 0 radical (unpaired) electrons. The molecule has 0 amide bonds. The number of hydrogen-bond acceptors (Lipinski definition) is 8. The summed E-state index contributed by atoms with van der Waals surface area (Å²) in [4.78, 5) is 18.2. The van der Waals surface area contributed by atoms with Crippen molar-refractivity contribution in [2.75, 3.05) is 6.16 Å². The summed E-state index contributed by atoms with van der Waals surface area (Å²) in [6.45, 7) is 4.07. The molecule has 7 atom stereocenters. The lowest BCUT2D eigenvalue weighted by Gasteiger charge is -2.49. The molecule has 468 valence electrons. The Morgan fingerprint density at radius 2 is 0.624 bits per heavy atom. The molecular weight excluding hydrogens is 1100 g/mol. The molecule has 11 heteroatoms. The smallest absolute Gasteiger partial charge is 0.325 e. The van der Waals surface area contributed by atoms with Crippen molar-refractivity contribution < 1.29 is 42.2 Å². The van der Waals surface area contributed by atoms with E-state index in [0.29, 0.717) is 39.5 Å². The zero-order chi connectivity index (χ0) is 59.5. The van der Waals surface area contributed by atoms with Crippen LogP contribution in [-0.2, 0) is 65.5 Å². The summed E-state index contributed by atoms with van der Waals surface area (Å²) in [6.07, 6.45) is 35.0. The standard InChI is InChI=1S/C74H107O9PS/c1-2-3-4-5-6-7-8-9-12-15-18-21-24-42-55-68(56-43-25-22-19-16-13-10-11-14-17-20-23-26-44-57-84(75,76)77)85-83-74-72(81-61-66-51-38-30-39-52-66)70(79-59-64-47-34-28-35-48-64)69(78-58-63-45-32-27-33-46-63)71(80-60-65-49-36-29-37-50-65)73(74)82-62-67-53-40-31-41-54-67/h10,13,27-41,45-54,68-74H,2-9,11-12,14-26,42-44,55-62H2,1H3,(H2,75,76,77)/b13-10-/t68?,69-,70-,71+,72-,73-,74-/m0/s1. The highest BCUT2D eigenvalue weighted by Gasteiger charge is 2.55. The van der Waals surface area contributed by atoms with Gasteiger partial charge in [-0.05, 0) is 84.8 Å². The molecule has 0 bridgehead atoms. The molecule has 1 aliphatic rings. The maximum Gasteiger partial charge on any atom is 0.325 e. The monoisotopic (exact) mass is 1200 g/mol. The zero-order valence-electron chi connectivity index (χ0n) is 51.8. The molecule has 0 heterocycles. The van der Waals surface area contributed by atoms with E-state index in [0.717, 1.165) is 79.2 Å². The summed E-state index contributed by atoms with van der Waals surface area (Å²) in [5.41, 5.74) is 5.31. The Labute approximate surface area is 518 Å². The van der Waals surface area contributed by atoms with Crippen molar-refractivity contribution in [3.63, 3.8) is 0 Å². The lowest BCUT2D eigenvalue weighted by molar-refractivity contribution is -0.277. The van der Waals surface area contributed by atoms with Gasteiger partial charge in [0.1, 0.15) is 36.6 Å². The van der Waals surface area contributed by atoms with Gasteiger partial charge in [0.15, 0.2) is 0 Å². The normalized spacial score (nSPS) is 18.5. The molecule has 1 aliphatic carbocycles. The summed E-state index contributed by atoms with van der Waals surface area (Å²) in [5.74, 6) is 0. The first-order valence-electron chi connectivity index (χ1n) is 33.2. The van der Waals surface area contributed by atoms with Gasteiger partial charge < -0.3 is 37.7 Å². The van der Waals surface area contributed by atoms with Crippen molar-refractivity contribution in [3.8, 4) is 0 Å². The first-order chi connectivity index (χ1) is 41.9. The number of unbranched alkanes of at least 4 members (excludes halogenated alkanes) is 23. The van der Waals surface area contributed by atoms with Crippen LogP contribution in [0.1, 0.15) is 215 Å². The fourth-order valence-electron chi connectivity index (χ4n) is 11.5. The molecule has 0 aliphatic heterocycles. The van der Waals surface area contributed by atoms with E-state index in [-0.39, 0.29) is 11.4 Å². The minimum absolute atomic E-state index is 0.00865. The summed E-state index contributed by atoms with van der Waals surface area (Å²) in [7, 11) is -3.87. The Kier molecular flexibility index (Phi) is 36.8. The maximum atomic E-state index is 11.1. The molecule has 2 N–H and O–H groups in total. The minimum atomic E-state index is -3.87.